The molecule has 9 heavy (non-hydrogen) atoms. The van der Waals surface area contributed by atoms with Crippen molar-refractivity contribution in [1.29, 1.82) is 0 Å². The van der Waals surface area contributed by atoms with E-state index in [9.17, 15) is 13.2 Å². The van der Waals surface area contributed by atoms with E-state index in [1.807, 2.05) is 0 Å². The third-order valence-corrected chi connectivity index (χ3v) is 2.42. The molecule has 1 fully saturated rings. The van der Waals surface area contributed by atoms with Crippen LogP contribution in [0.25, 0.3) is 0 Å². The van der Waals surface area contributed by atoms with Crippen LogP contribution in [0.4, 0.5) is 13.2 Å². The quantitative estimate of drug-likeness (QED) is 0.501. The fraction of sp³-hybridized carbons (Fsp3) is 1.00. The van der Waals surface area contributed by atoms with Gasteiger partial charge in [-0.05, 0) is 0 Å². The van der Waals surface area contributed by atoms with Crippen LogP contribution in [0.15, 0.2) is 0 Å². The minimum absolute atomic E-state index is 0.672. The van der Waals surface area contributed by atoms with Gasteiger partial charge < -0.3 is 0 Å². The van der Waals surface area contributed by atoms with Gasteiger partial charge >= 0.3 is 0 Å². The first kappa shape index (κ1) is 7.48. The van der Waals surface area contributed by atoms with Crippen molar-refractivity contribution < 1.29 is 13.2 Å². The molecule has 0 unspecified atom stereocenters. The molecule has 0 saturated heterocycles. The number of alkyl halides is 5. The second kappa shape index (κ2) is 1.70. The normalized spacial score (nSPS) is 48.3. The molecule has 1 saturated carbocycles. The summed E-state index contributed by atoms with van der Waals surface area (Å²) >= 11 is 9.74. The van der Waals surface area contributed by atoms with Gasteiger partial charge in [-0.3, -0.25) is 0 Å². The first-order valence-electron chi connectivity index (χ1n) is 2.27. The Kier molecular flexibility index (Phi) is 1.41. The van der Waals surface area contributed by atoms with Gasteiger partial charge in [0.1, 0.15) is 0 Å². The molecule has 1 rings (SSSR count). The van der Waals surface area contributed by atoms with E-state index in [1.165, 1.54) is 0 Å². The lowest BCUT2D eigenvalue weighted by molar-refractivity contribution is -0.162. The van der Waals surface area contributed by atoms with Gasteiger partial charge in [0.05, 0.1) is 5.38 Å². The molecule has 0 N–H and O–H groups in total. The molecule has 0 radical (unpaired) electrons. The molecule has 2 atom stereocenters. The second-order valence-corrected chi connectivity index (χ2v) is 3.08. The van der Waals surface area contributed by atoms with Crippen molar-refractivity contribution >= 4 is 23.2 Å². The molecule has 0 spiro atoms. The van der Waals surface area contributed by atoms with Crippen LogP contribution < -0.4 is 0 Å². The fourth-order valence-corrected chi connectivity index (χ4v) is 1.10. The second-order valence-electron chi connectivity index (χ2n) is 2.00. The van der Waals surface area contributed by atoms with E-state index < -0.39 is 22.8 Å². The zero-order valence-electron chi connectivity index (χ0n) is 4.17. The Morgan fingerprint density at radius 1 is 1.33 bits per heavy atom. The molecule has 5 heteroatoms. The molecular weight excluding hydrogens is 176 g/mol. The molecule has 54 valence electrons. The minimum Gasteiger partial charge on any atom is -0.218 e. The summed E-state index contributed by atoms with van der Waals surface area (Å²) in [5, 5.41) is -4.27. The van der Waals surface area contributed by atoms with E-state index in [0.29, 0.717) is 0 Å². The molecule has 0 heterocycles. The van der Waals surface area contributed by atoms with Crippen molar-refractivity contribution in [3.05, 3.63) is 0 Å². The summed E-state index contributed by atoms with van der Waals surface area (Å²) < 4.78 is 36.2. The molecule has 0 aromatic rings. The zero-order chi connectivity index (χ0) is 7.28. The van der Waals surface area contributed by atoms with Gasteiger partial charge in [0, 0.05) is 6.42 Å². The Morgan fingerprint density at radius 2 is 1.78 bits per heavy atom. The van der Waals surface area contributed by atoms with Crippen LogP contribution in [0.1, 0.15) is 6.42 Å². The van der Waals surface area contributed by atoms with Crippen molar-refractivity contribution in [1.82, 2.24) is 0 Å². The lowest BCUT2D eigenvalue weighted by Crippen LogP contribution is -2.59. The molecule has 0 bridgehead atoms. The topological polar surface area (TPSA) is 0 Å². The highest BCUT2D eigenvalue weighted by molar-refractivity contribution is 6.33. The van der Waals surface area contributed by atoms with Crippen molar-refractivity contribution in [2.45, 2.75) is 22.8 Å². The van der Waals surface area contributed by atoms with Crippen LogP contribution in [0.3, 0.4) is 0 Å². The summed E-state index contributed by atoms with van der Waals surface area (Å²) in [7, 11) is 0. The predicted octanol–water partition coefficient (Wildman–Crippen LogP) is 2.54. The lowest BCUT2D eigenvalue weighted by atomic mass is 9.91. The van der Waals surface area contributed by atoms with Crippen LogP contribution in [-0.4, -0.2) is 16.4 Å². The molecule has 0 nitrogen and oxygen atoms in total. The highest BCUT2D eigenvalue weighted by Gasteiger charge is 2.69. The number of hydrogen-bond acceptors (Lipinski definition) is 0. The van der Waals surface area contributed by atoms with Gasteiger partial charge in [0.25, 0.3) is 11.1 Å². The molecule has 0 aliphatic heterocycles. The lowest BCUT2D eigenvalue weighted by Gasteiger charge is -2.41. The predicted molar refractivity (Wildman–Crippen MR) is 28.9 cm³/mol. The molecule has 0 aromatic carbocycles. The van der Waals surface area contributed by atoms with Crippen molar-refractivity contribution in [2.75, 3.05) is 0 Å². The van der Waals surface area contributed by atoms with Crippen LogP contribution in [0, 0.1) is 0 Å². The van der Waals surface area contributed by atoms with Crippen LogP contribution >= 0.6 is 23.2 Å². The van der Waals surface area contributed by atoms with Gasteiger partial charge in [-0.2, -0.15) is 0 Å². The van der Waals surface area contributed by atoms with E-state index in [-0.39, 0.29) is 0 Å². The summed E-state index contributed by atoms with van der Waals surface area (Å²) in [5.74, 6) is -3.44. The maximum absolute atomic E-state index is 12.3. The molecular formula is C4H3Cl2F3. The van der Waals surface area contributed by atoms with E-state index in [4.69, 9.17) is 23.2 Å². The van der Waals surface area contributed by atoms with E-state index in [2.05, 4.69) is 0 Å². The third-order valence-electron chi connectivity index (χ3n) is 1.32. The maximum atomic E-state index is 12.3. The standard InChI is InChI=1S/C4H3Cl2F3/c5-2-1-3(7,8)4(2,6)9/h2H,1H2/t2-,4-/m1/s1. The monoisotopic (exact) mass is 178 g/mol. The highest BCUT2D eigenvalue weighted by atomic mass is 35.5. The van der Waals surface area contributed by atoms with E-state index in [1.54, 1.807) is 0 Å². The van der Waals surface area contributed by atoms with Crippen LogP contribution in [-0.2, 0) is 0 Å². The van der Waals surface area contributed by atoms with Crippen molar-refractivity contribution in [2.24, 2.45) is 0 Å². The largest absolute Gasteiger partial charge is 0.298 e. The average Bonchev–Trinajstić information content (AvgIpc) is 1.65. The van der Waals surface area contributed by atoms with E-state index >= 15 is 0 Å². The van der Waals surface area contributed by atoms with Crippen molar-refractivity contribution in [3.63, 3.8) is 0 Å². The average molecular weight is 179 g/mol. The zero-order valence-corrected chi connectivity index (χ0v) is 5.69. The minimum atomic E-state index is -3.44. The van der Waals surface area contributed by atoms with Gasteiger partial charge in [0.2, 0.25) is 0 Å². The summed E-state index contributed by atoms with van der Waals surface area (Å²) in [4.78, 5) is 0. The molecule has 0 aromatic heterocycles. The number of halogens is 5. The van der Waals surface area contributed by atoms with E-state index in [0.717, 1.165) is 0 Å². The molecule has 0 amide bonds. The summed E-state index contributed by atoms with van der Waals surface area (Å²) in [6, 6.07) is 0. The SMILES string of the molecule is FC1(F)C[C@@H](Cl)[C@]1(F)Cl. The molecule has 1 aliphatic rings. The smallest absolute Gasteiger partial charge is 0.218 e. The van der Waals surface area contributed by atoms with Crippen LogP contribution in [0.5, 0.6) is 0 Å². The summed E-state index contributed by atoms with van der Waals surface area (Å²) in [6.45, 7) is 0. The summed E-state index contributed by atoms with van der Waals surface area (Å²) in [6.07, 6.45) is -0.672. The summed E-state index contributed by atoms with van der Waals surface area (Å²) in [5.41, 5.74) is 0. The first-order chi connectivity index (χ1) is 3.88. The highest BCUT2D eigenvalue weighted by Crippen LogP contribution is 2.55. The Morgan fingerprint density at radius 3 is 1.78 bits per heavy atom. The Hall–Kier alpha value is 0.370. The van der Waals surface area contributed by atoms with Gasteiger partial charge in [-0.1, -0.05) is 11.6 Å². The number of hydrogen-bond donors (Lipinski definition) is 0. The Bertz CT molecular complexity index is 134. The first-order valence-corrected chi connectivity index (χ1v) is 3.09. The van der Waals surface area contributed by atoms with Gasteiger partial charge in [0.15, 0.2) is 0 Å². The van der Waals surface area contributed by atoms with Gasteiger partial charge in [-0.25, -0.2) is 13.2 Å². The third kappa shape index (κ3) is 0.819. The van der Waals surface area contributed by atoms with Crippen LogP contribution in [0.2, 0.25) is 0 Å². The number of rotatable bonds is 0. The van der Waals surface area contributed by atoms with Crippen molar-refractivity contribution in [3.8, 4) is 0 Å². The Balaban J connectivity index is 2.70. The molecule has 1 aliphatic carbocycles. The fourth-order valence-electron chi connectivity index (χ4n) is 0.587. The maximum Gasteiger partial charge on any atom is 0.298 e. The van der Waals surface area contributed by atoms with Gasteiger partial charge in [-0.15, -0.1) is 11.6 Å². The Labute approximate surface area is 59.9 Å².